The number of aliphatic hydroxyl groups excluding tert-OH is 1. The molecule has 250 valence electrons. The maximum atomic E-state index is 14.3. The lowest BCUT2D eigenvalue weighted by molar-refractivity contribution is -0.124. The number of likely N-dealkylation sites (tertiary alicyclic amines) is 1. The van der Waals surface area contributed by atoms with Gasteiger partial charge in [-0.1, -0.05) is 0 Å². The number of amides is 2. The predicted octanol–water partition coefficient (Wildman–Crippen LogP) is 6.00. The van der Waals surface area contributed by atoms with Crippen LogP contribution in [0.1, 0.15) is 93.1 Å². The van der Waals surface area contributed by atoms with Gasteiger partial charge in [-0.2, -0.15) is 0 Å². The Balaban J connectivity index is 1.04. The van der Waals surface area contributed by atoms with Crippen LogP contribution in [0.15, 0.2) is 41.3 Å². The highest BCUT2D eigenvalue weighted by atomic mass is 16.6. The lowest BCUT2D eigenvalue weighted by Crippen LogP contribution is -2.54. The van der Waals surface area contributed by atoms with Crippen molar-refractivity contribution in [3.05, 3.63) is 53.9 Å². The van der Waals surface area contributed by atoms with Gasteiger partial charge in [0.25, 0.3) is 0 Å². The minimum Gasteiger partial charge on any atom is -0.481 e. The van der Waals surface area contributed by atoms with E-state index in [0.29, 0.717) is 74.8 Å². The van der Waals surface area contributed by atoms with Gasteiger partial charge in [0.05, 0.1) is 26.3 Å². The molecule has 3 saturated carbocycles. The van der Waals surface area contributed by atoms with Gasteiger partial charge in [0.2, 0.25) is 11.8 Å². The highest BCUT2D eigenvalue weighted by Crippen LogP contribution is 2.41. The Hall–Kier alpha value is -3.99. The number of β-amino-alcohol motifs (C(OH)–C–C–N with tert-alkyl or cyclic N) is 1. The van der Waals surface area contributed by atoms with E-state index in [1.54, 1.807) is 19.6 Å². The molecule has 4 aliphatic rings. The van der Waals surface area contributed by atoms with Crippen molar-refractivity contribution in [1.29, 1.82) is 0 Å². The van der Waals surface area contributed by atoms with E-state index in [4.69, 9.17) is 23.9 Å². The van der Waals surface area contributed by atoms with Crippen LogP contribution in [0, 0.1) is 18.8 Å². The minimum atomic E-state index is -0.461. The van der Waals surface area contributed by atoms with Crippen molar-refractivity contribution in [3.8, 4) is 17.1 Å². The number of ether oxygens (including phenoxy) is 2. The molecule has 7 rings (SSSR count). The first kappa shape index (κ1) is 31.6. The Morgan fingerprint density at radius 2 is 1.74 bits per heavy atom. The van der Waals surface area contributed by atoms with Gasteiger partial charge in [-0.15, -0.1) is 0 Å². The molecule has 0 radical (unpaired) electrons. The third kappa shape index (κ3) is 7.15. The molecule has 3 aromatic rings. The fourth-order valence-corrected chi connectivity index (χ4v) is 7.39. The van der Waals surface area contributed by atoms with E-state index in [9.17, 15) is 14.7 Å². The van der Waals surface area contributed by atoms with Crippen molar-refractivity contribution in [2.75, 3.05) is 31.6 Å². The van der Waals surface area contributed by atoms with E-state index < -0.39 is 6.10 Å². The third-order valence-electron chi connectivity index (χ3n) is 10.4. The number of aromatic nitrogens is 3. The lowest BCUT2D eigenvalue weighted by Gasteiger charge is -2.38. The maximum Gasteiger partial charge on any atom is 0.410 e. The van der Waals surface area contributed by atoms with Crippen LogP contribution in [-0.2, 0) is 9.53 Å². The molecule has 2 amide bonds. The number of aliphatic hydroxyl groups is 1. The summed E-state index contributed by atoms with van der Waals surface area (Å²) in [5.74, 6) is 3.23. The number of hydrogen-bond acceptors (Lipinski definition) is 9. The van der Waals surface area contributed by atoms with E-state index in [-0.39, 0.29) is 24.0 Å². The second-order valence-corrected chi connectivity index (χ2v) is 13.9. The Morgan fingerprint density at radius 1 is 1.00 bits per heavy atom. The SMILES string of the molecule is COc1ncc(C2CCC(CN(C(=O)C3CCC(OC(=O)N4CC(O)C4)CC3)c3cc(-c4coc(C5CC5)n4)ccn3)CC2)cc1C. The molecule has 0 unspecified atom stereocenters. The molecule has 0 spiro atoms. The van der Waals surface area contributed by atoms with E-state index >= 15 is 0 Å². The number of carbonyl (C=O) groups is 2. The molecule has 1 N–H and O–H groups in total. The van der Waals surface area contributed by atoms with Crippen molar-refractivity contribution in [3.63, 3.8) is 0 Å². The molecule has 0 atom stereocenters. The molecule has 1 aliphatic heterocycles. The Kier molecular flexibility index (Phi) is 9.16. The van der Waals surface area contributed by atoms with E-state index in [1.165, 1.54) is 10.5 Å². The number of carbonyl (C=O) groups excluding carboxylic acids is 2. The molecule has 47 heavy (non-hydrogen) atoms. The summed E-state index contributed by atoms with van der Waals surface area (Å²) in [6.45, 7) is 3.29. The minimum absolute atomic E-state index is 0.0845. The van der Waals surface area contributed by atoms with Crippen LogP contribution in [0.2, 0.25) is 0 Å². The summed E-state index contributed by atoms with van der Waals surface area (Å²) in [6, 6.07) is 6.09. The van der Waals surface area contributed by atoms with Gasteiger partial charge in [-0.05, 0) is 107 Å². The summed E-state index contributed by atoms with van der Waals surface area (Å²) in [7, 11) is 1.65. The van der Waals surface area contributed by atoms with E-state index in [1.807, 2.05) is 30.2 Å². The molecule has 3 aromatic heterocycles. The summed E-state index contributed by atoms with van der Waals surface area (Å²) in [4.78, 5) is 44.1. The fraction of sp³-hybridized carbons (Fsp3) is 0.583. The molecule has 0 bridgehead atoms. The second kappa shape index (κ2) is 13.6. The highest BCUT2D eigenvalue weighted by molar-refractivity contribution is 5.94. The normalized spacial score (nSPS) is 24.8. The average Bonchev–Trinajstić information content (AvgIpc) is 3.81. The summed E-state index contributed by atoms with van der Waals surface area (Å²) >= 11 is 0. The fourth-order valence-electron chi connectivity index (χ4n) is 7.39. The Bertz CT molecular complexity index is 1570. The van der Waals surface area contributed by atoms with Crippen molar-refractivity contribution in [1.82, 2.24) is 19.9 Å². The molecule has 4 fully saturated rings. The van der Waals surface area contributed by atoms with Gasteiger partial charge < -0.3 is 23.9 Å². The zero-order chi connectivity index (χ0) is 32.5. The first-order valence-electron chi connectivity index (χ1n) is 17.2. The van der Waals surface area contributed by atoms with Crippen molar-refractivity contribution in [2.24, 2.45) is 11.8 Å². The summed E-state index contributed by atoms with van der Waals surface area (Å²) in [5.41, 5.74) is 3.96. The van der Waals surface area contributed by atoms with E-state index in [0.717, 1.165) is 61.2 Å². The molecule has 4 heterocycles. The van der Waals surface area contributed by atoms with Crippen LogP contribution in [0.4, 0.5) is 10.6 Å². The van der Waals surface area contributed by atoms with Crippen LogP contribution >= 0.6 is 0 Å². The number of hydrogen-bond donors (Lipinski definition) is 1. The number of nitrogens with zero attached hydrogens (tertiary/aromatic N) is 5. The number of methoxy groups -OCH3 is 1. The first-order chi connectivity index (χ1) is 22.8. The van der Waals surface area contributed by atoms with Crippen LogP contribution in [0.25, 0.3) is 11.3 Å². The zero-order valence-electron chi connectivity index (χ0n) is 27.3. The van der Waals surface area contributed by atoms with Gasteiger partial charge in [0.15, 0.2) is 5.89 Å². The third-order valence-corrected chi connectivity index (χ3v) is 10.4. The molecule has 0 aromatic carbocycles. The van der Waals surface area contributed by atoms with Crippen LogP contribution in [0.3, 0.4) is 0 Å². The monoisotopic (exact) mass is 643 g/mol. The summed E-state index contributed by atoms with van der Waals surface area (Å²) < 4.78 is 16.8. The molecule has 11 nitrogen and oxygen atoms in total. The number of pyridine rings is 2. The van der Waals surface area contributed by atoms with Gasteiger partial charge in [-0.3, -0.25) is 9.69 Å². The average molecular weight is 644 g/mol. The van der Waals surface area contributed by atoms with Crippen molar-refractivity contribution in [2.45, 2.75) is 95.2 Å². The Morgan fingerprint density at radius 3 is 2.43 bits per heavy atom. The van der Waals surface area contributed by atoms with Gasteiger partial charge >= 0.3 is 6.09 Å². The van der Waals surface area contributed by atoms with Crippen LogP contribution < -0.4 is 9.64 Å². The van der Waals surface area contributed by atoms with Crippen LogP contribution in [0.5, 0.6) is 5.88 Å². The largest absolute Gasteiger partial charge is 0.481 e. The molecular weight excluding hydrogens is 598 g/mol. The molecule has 3 aliphatic carbocycles. The number of aryl methyl sites for hydroxylation is 1. The van der Waals surface area contributed by atoms with Crippen molar-refractivity contribution >= 4 is 17.8 Å². The molecular formula is C36H45N5O6. The van der Waals surface area contributed by atoms with Crippen LogP contribution in [-0.4, -0.2) is 75.9 Å². The predicted molar refractivity (Wildman–Crippen MR) is 174 cm³/mol. The quantitative estimate of drug-likeness (QED) is 0.298. The Labute approximate surface area is 275 Å². The van der Waals surface area contributed by atoms with Gasteiger partial charge in [0, 0.05) is 41.9 Å². The zero-order valence-corrected chi connectivity index (χ0v) is 27.3. The number of rotatable bonds is 9. The number of anilines is 1. The summed E-state index contributed by atoms with van der Waals surface area (Å²) in [5, 5.41) is 9.52. The number of oxazole rings is 1. The maximum absolute atomic E-state index is 14.3. The topological polar surface area (TPSA) is 131 Å². The molecule has 1 saturated heterocycles. The lowest BCUT2D eigenvalue weighted by atomic mass is 9.78. The highest BCUT2D eigenvalue weighted by Gasteiger charge is 2.36. The van der Waals surface area contributed by atoms with Crippen molar-refractivity contribution < 1.29 is 28.6 Å². The van der Waals surface area contributed by atoms with Gasteiger partial charge in [0.1, 0.15) is 23.9 Å². The first-order valence-corrected chi connectivity index (χ1v) is 17.2. The summed E-state index contributed by atoms with van der Waals surface area (Å²) in [6.07, 6.45) is 13.3. The molecule has 11 heteroatoms. The smallest absolute Gasteiger partial charge is 0.410 e. The van der Waals surface area contributed by atoms with Gasteiger partial charge in [-0.25, -0.2) is 19.7 Å². The standard InChI is InChI=1S/C36H45N5O6/c1-22-15-28(17-38-33(22)45-2)24-5-3-23(4-6-24)18-41(32-16-27(13-14-37-32)31-21-46-34(39-31)25-7-8-25)35(43)26-9-11-30(12-10-26)47-36(44)40-19-29(42)20-40/h13-17,21,23-26,29-30,42H,3-12,18-20H2,1-2H3. The van der Waals surface area contributed by atoms with E-state index in [2.05, 4.69) is 11.1 Å². The second-order valence-electron chi connectivity index (χ2n) is 13.9.